The van der Waals surface area contributed by atoms with Gasteiger partial charge in [0.05, 0.1) is 17.5 Å². The van der Waals surface area contributed by atoms with Crippen LogP contribution in [-0.4, -0.2) is 42.3 Å². The number of aromatic nitrogens is 6. The summed E-state index contributed by atoms with van der Waals surface area (Å²) >= 11 is 0. The van der Waals surface area contributed by atoms with Crippen LogP contribution in [0.2, 0.25) is 0 Å². The second-order valence-corrected chi connectivity index (χ2v) is 6.10. The van der Waals surface area contributed by atoms with Crippen LogP contribution in [-0.2, 0) is 20.6 Å². The number of nitrogens with zero attached hydrogens (tertiary/aromatic N) is 6. The molecule has 28 heavy (non-hydrogen) atoms. The molecule has 4 heterocycles. The van der Waals surface area contributed by atoms with Gasteiger partial charge in [-0.15, -0.1) is 0 Å². The number of hydrogen-bond acceptors (Lipinski definition) is 6. The zero-order valence-electron chi connectivity index (χ0n) is 17.0. The SMILES string of the molecule is CCn1c(C=O)cc2c3c(ncn3C)c(Nc3cc(C)n(C)n3)nc21.C[O-].[Na+]. The second-order valence-electron chi connectivity index (χ2n) is 6.10. The number of aldehydes is 1. The Hall–Kier alpha value is -2.20. The maximum Gasteiger partial charge on any atom is 1.00 e. The summed E-state index contributed by atoms with van der Waals surface area (Å²) < 4.78 is 5.65. The second kappa shape index (κ2) is 8.87. The van der Waals surface area contributed by atoms with E-state index in [9.17, 15) is 4.79 Å². The summed E-state index contributed by atoms with van der Waals surface area (Å²) in [7, 11) is 4.58. The van der Waals surface area contributed by atoms with Gasteiger partial charge in [-0.05, 0) is 19.9 Å². The van der Waals surface area contributed by atoms with Crippen LogP contribution in [0.25, 0.3) is 22.1 Å². The zero-order chi connectivity index (χ0) is 19.7. The van der Waals surface area contributed by atoms with Crippen molar-refractivity contribution in [3.63, 3.8) is 0 Å². The van der Waals surface area contributed by atoms with Gasteiger partial charge < -0.3 is 19.6 Å². The van der Waals surface area contributed by atoms with E-state index in [0.29, 0.717) is 23.9 Å². The van der Waals surface area contributed by atoms with Gasteiger partial charge in [0.1, 0.15) is 11.2 Å². The van der Waals surface area contributed by atoms with Gasteiger partial charge in [-0.1, -0.05) is 0 Å². The topological polar surface area (TPSA) is 106 Å². The summed E-state index contributed by atoms with van der Waals surface area (Å²) in [6.07, 6.45) is 2.62. The van der Waals surface area contributed by atoms with Crippen LogP contribution in [0.5, 0.6) is 0 Å². The van der Waals surface area contributed by atoms with Crippen molar-refractivity contribution in [2.75, 3.05) is 12.4 Å². The van der Waals surface area contributed by atoms with E-state index in [2.05, 4.69) is 15.4 Å². The predicted molar refractivity (Wildman–Crippen MR) is 102 cm³/mol. The first-order chi connectivity index (χ1) is 13.0. The quantitative estimate of drug-likeness (QED) is 0.336. The Bertz CT molecular complexity index is 1110. The normalized spacial score (nSPS) is 10.5. The molecule has 0 saturated carbocycles. The van der Waals surface area contributed by atoms with E-state index < -0.39 is 0 Å². The summed E-state index contributed by atoms with van der Waals surface area (Å²) in [6.45, 7) is 4.65. The van der Waals surface area contributed by atoms with Crippen LogP contribution in [0.15, 0.2) is 18.5 Å². The number of anilines is 2. The van der Waals surface area contributed by atoms with Crippen molar-refractivity contribution in [1.29, 1.82) is 0 Å². The van der Waals surface area contributed by atoms with Crippen molar-refractivity contribution < 1.29 is 39.5 Å². The van der Waals surface area contributed by atoms with Crippen molar-refractivity contribution >= 4 is 40.0 Å². The monoisotopic (exact) mass is 391 g/mol. The molecule has 0 aliphatic rings. The number of aryl methyl sites for hydroxylation is 4. The Balaban J connectivity index is 0.000000906. The number of fused-ring (bicyclic) bond motifs is 3. The average molecular weight is 391 g/mol. The van der Waals surface area contributed by atoms with E-state index in [1.54, 1.807) is 11.0 Å². The summed E-state index contributed by atoms with van der Waals surface area (Å²) in [5.41, 5.74) is 4.11. The van der Waals surface area contributed by atoms with Crippen LogP contribution in [0.4, 0.5) is 11.6 Å². The molecule has 0 unspecified atom stereocenters. The molecule has 0 atom stereocenters. The number of hydrogen-bond donors (Lipinski definition) is 1. The van der Waals surface area contributed by atoms with Crippen LogP contribution < -0.4 is 40.0 Å². The van der Waals surface area contributed by atoms with Gasteiger partial charge in [0.15, 0.2) is 17.9 Å². The van der Waals surface area contributed by atoms with Crippen molar-refractivity contribution in [3.8, 4) is 0 Å². The molecule has 0 bridgehead atoms. The van der Waals surface area contributed by atoms with Gasteiger partial charge in [0.2, 0.25) is 0 Å². The van der Waals surface area contributed by atoms with Gasteiger partial charge in [0, 0.05) is 37.8 Å². The van der Waals surface area contributed by atoms with E-state index >= 15 is 0 Å². The first-order valence-electron chi connectivity index (χ1n) is 8.51. The van der Waals surface area contributed by atoms with Gasteiger partial charge in [-0.3, -0.25) is 9.48 Å². The Labute approximate surface area is 184 Å². The molecule has 0 amide bonds. The molecule has 142 valence electrons. The number of nitrogens with one attached hydrogen (secondary N) is 1. The van der Waals surface area contributed by atoms with E-state index in [-0.39, 0.29) is 29.6 Å². The van der Waals surface area contributed by atoms with Crippen LogP contribution in [0.1, 0.15) is 23.1 Å². The van der Waals surface area contributed by atoms with Crippen LogP contribution in [0, 0.1) is 6.92 Å². The third-order valence-electron chi connectivity index (χ3n) is 4.53. The minimum Gasteiger partial charge on any atom is -0.857 e. The molecule has 1 N–H and O–H groups in total. The fourth-order valence-corrected chi connectivity index (χ4v) is 3.19. The molecule has 4 aromatic heterocycles. The van der Waals surface area contributed by atoms with Crippen molar-refractivity contribution in [3.05, 3.63) is 29.8 Å². The van der Waals surface area contributed by atoms with Crippen LogP contribution in [0.3, 0.4) is 0 Å². The maximum atomic E-state index is 11.4. The molecule has 10 heteroatoms. The molecule has 0 aliphatic heterocycles. The van der Waals surface area contributed by atoms with Gasteiger partial charge in [-0.2, -0.15) is 12.2 Å². The fourth-order valence-electron chi connectivity index (χ4n) is 3.19. The first kappa shape index (κ1) is 22.1. The minimum absolute atomic E-state index is 0. The number of imidazole rings is 1. The standard InChI is InChI=1S/C17H19N7O.CH3O.Na/c1-5-24-11(8-25)7-12-15-14(18-9-22(15)3)16(20-17(12)24)19-13-6-10(2)23(4)21-13;1-2;/h6-9H,5H2,1-4H3,(H,19,20,21);1H3;/q;-1;+1. The largest absolute Gasteiger partial charge is 1.00 e. The third kappa shape index (κ3) is 3.58. The van der Waals surface area contributed by atoms with E-state index in [1.807, 2.05) is 49.2 Å². The van der Waals surface area contributed by atoms with Crippen molar-refractivity contribution in [1.82, 2.24) is 28.9 Å². The molecule has 4 aromatic rings. The fraction of sp³-hybridized carbons (Fsp3) is 0.333. The Morgan fingerprint density at radius 3 is 2.54 bits per heavy atom. The smallest absolute Gasteiger partial charge is 0.857 e. The number of carbonyl (C=O) groups excluding carboxylic acids is 1. The zero-order valence-corrected chi connectivity index (χ0v) is 19.0. The van der Waals surface area contributed by atoms with Crippen molar-refractivity contribution in [2.24, 2.45) is 14.1 Å². The average Bonchev–Trinajstić information content (AvgIpc) is 3.32. The van der Waals surface area contributed by atoms with Crippen molar-refractivity contribution in [2.45, 2.75) is 20.4 Å². The molecule has 9 nitrogen and oxygen atoms in total. The molecule has 0 saturated heterocycles. The van der Waals surface area contributed by atoms with Gasteiger partial charge >= 0.3 is 29.6 Å². The Morgan fingerprint density at radius 1 is 1.25 bits per heavy atom. The number of carbonyl (C=O) groups is 1. The summed E-state index contributed by atoms with van der Waals surface area (Å²) in [4.78, 5) is 20.7. The minimum atomic E-state index is 0. The van der Waals surface area contributed by atoms with E-state index in [1.165, 1.54) is 0 Å². The molecular weight excluding hydrogens is 369 g/mol. The molecule has 0 aliphatic carbocycles. The molecule has 0 spiro atoms. The molecule has 0 fully saturated rings. The molecule has 0 radical (unpaired) electrons. The molecule has 4 rings (SSSR count). The number of pyridine rings is 1. The van der Waals surface area contributed by atoms with Crippen LogP contribution >= 0.6 is 0 Å². The Kier molecular flexibility index (Phi) is 7.00. The van der Waals surface area contributed by atoms with E-state index in [0.717, 1.165) is 41.2 Å². The van der Waals surface area contributed by atoms with Gasteiger partial charge in [-0.25, -0.2) is 9.97 Å². The number of rotatable bonds is 4. The van der Waals surface area contributed by atoms with E-state index in [4.69, 9.17) is 10.1 Å². The van der Waals surface area contributed by atoms with Gasteiger partial charge in [0.25, 0.3) is 0 Å². The first-order valence-corrected chi connectivity index (χ1v) is 8.51. The predicted octanol–water partition coefficient (Wildman–Crippen LogP) is -1.48. The molecular formula is C18H22N7NaO2. The Morgan fingerprint density at radius 2 is 1.96 bits per heavy atom. The summed E-state index contributed by atoms with van der Waals surface area (Å²) in [5.74, 6) is 1.34. The third-order valence-corrected chi connectivity index (χ3v) is 4.53. The maximum absolute atomic E-state index is 11.4. The molecule has 0 aromatic carbocycles. The summed E-state index contributed by atoms with van der Waals surface area (Å²) in [5, 5.41) is 16.9. The summed E-state index contributed by atoms with van der Waals surface area (Å²) in [6, 6.07) is 3.83.